The molecule has 86 valence electrons. The van der Waals surface area contributed by atoms with Crippen LogP contribution < -0.4 is 0 Å². The summed E-state index contributed by atoms with van der Waals surface area (Å²) in [6, 6.07) is 0. The zero-order valence-electron chi connectivity index (χ0n) is 10.1. The summed E-state index contributed by atoms with van der Waals surface area (Å²) in [5.74, 6) is 1.87. The zero-order chi connectivity index (χ0) is 11.4. The van der Waals surface area contributed by atoms with Gasteiger partial charge in [-0.2, -0.15) is 0 Å². The molecule has 0 spiro atoms. The van der Waals surface area contributed by atoms with E-state index in [9.17, 15) is 4.79 Å². The highest BCUT2D eigenvalue weighted by molar-refractivity contribution is 5.87. The molecule has 1 fully saturated rings. The van der Waals surface area contributed by atoms with Gasteiger partial charge in [0, 0.05) is 5.57 Å². The minimum absolute atomic E-state index is 0.218. The van der Waals surface area contributed by atoms with Gasteiger partial charge in [-0.3, -0.25) is 0 Å². The first-order valence-electron chi connectivity index (χ1n) is 5.89. The van der Waals surface area contributed by atoms with Gasteiger partial charge in [-0.05, 0) is 37.0 Å². The van der Waals surface area contributed by atoms with E-state index in [0.29, 0.717) is 24.5 Å². The molecule has 0 aliphatic heterocycles. The lowest BCUT2D eigenvalue weighted by Gasteiger charge is -2.10. The molecule has 1 aliphatic rings. The number of esters is 1. The van der Waals surface area contributed by atoms with Crippen LogP contribution in [-0.4, -0.2) is 12.6 Å². The SMILES string of the molecule is C=C(CC)C(=O)OCC1CC(C)C(C)C1. The molecule has 0 aromatic carbocycles. The minimum atomic E-state index is -0.218. The van der Waals surface area contributed by atoms with Gasteiger partial charge in [0.1, 0.15) is 0 Å². The fraction of sp³-hybridized carbons (Fsp3) is 0.769. The average molecular weight is 210 g/mol. The number of hydrogen-bond donors (Lipinski definition) is 0. The van der Waals surface area contributed by atoms with Crippen molar-refractivity contribution >= 4 is 5.97 Å². The fourth-order valence-electron chi connectivity index (χ4n) is 2.19. The van der Waals surface area contributed by atoms with E-state index < -0.39 is 0 Å². The Kier molecular flexibility index (Phi) is 4.37. The van der Waals surface area contributed by atoms with Crippen LogP contribution in [0.2, 0.25) is 0 Å². The van der Waals surface area contributed by atoms with Crippen LogP contribution in [0.15, 0.2) is 12.2 Å². The predicted molar refractivity (Wildman–Crippen MR) is 61.4 cm³/mol. The van der Waals surface area contributed by atoms with Crippen molar-refractivity contribution in [1.82, 2.24) is 0 Å². The molecule has 0 saturated heterocycles. The third-order valence-electron chi connectivity index (χ3n) is 3.55. The monoisotopic (exact) mass is 210 g/mol. The highest BCUT2D eigenvalue weighted by Crippen LogP contribution is 2.35. The van der Waals surface area contributed by atoms with E-state index in [1.165, 1.54) is 12.8 Å². The Morgan fingerprint density at radius 3 is 2.33 bits per heavy atom. The van der Waals surface area contributed by atoms with E-state index in [2.05, 4.69) is 20.4 Å². The minimum Gasteiger partial charge on any atom is -0.462 e. The number of carbonyl (C=O) groups is 1. The molecule has 0 heterocycles. The van der Waals surface area contributed by atoms with Gasteiger partial charge >= 0.3 is 5.97 Å². The van der Waals surface area contributed by atoms with Crippen molar-refractivity contribution in [3.8, 4) is 0 Å². The van der Waals surface area contributed by atoms with Gasteiger partial charge in [0.2, 0.25) is 0 Å². The van der Waals surface area contributed by atoms with Crippen molar-refractivity contribution < 1.29 is 9.53 Å². The third kappa shape index (κ3) is 3.37. The Morgan fingerprint density at radius 1 is 1.33 bits per heavy atom. The maximum atomic E-state index is 11.4. The van der Waals surface area contributed by atoms with E-state index in [1.807, 2.05) is 6.92 Å². The van der Waals surface area contributed by atoms with Gasteiger partial charge in [0.15, 0.2) is 0 Å². The molecule has 2 nitrogen and oxygen atoms in total. The number of rotatable bonds is 4. The predicted octanol–water partition coefficient (Wildman–Crippen LogP) is 3.18. The molecule has 0 aromatic rings. The molecule has 1 rings (SSSR count). The van der Waals surface area contributed by atoms with Crippen LogP contribution in [0, 0.1) is 17.8 Å². The van der Waals surface area contributed by atoms with Crippen LogP contribution in [0.5, 0.6) is 0 Å². The summed E-state index contributed by atoms with van der Waals surface area (Å²) < 4.78 is 5.24. The fourth-order valence-corrected chi connectivity index (χ4v) is 2.19. The summed E-state index contributed by atoms with van der Waals surface area (Å²) >= 11 is 0. The van der Waals surface area contributed by atoms with Gasteiger partial charge in [-0.25, -0.2) is 4.79 Å². The molecule has 0 N–H and O–H groups in total. The molecular weight excluding hydrogens is 188 g/mol. The lowest BCUT2D eigenvalue weighted by molar-refractivity contribution is -0.140. The molecule has 1 saturated carbocycles. The summed E-state index contributed by atoms with van der Waals surface area (Å²) in [6.07, 6.45) is 3.05. The summed E-state index contributed by atoms with van der Waals surface area (Å²) in [5.41, 5.74) is 0.578. The van der Waals surface area contributed by atoms with Crippen molar-refractivity contribution in [3.05, 3.63) is 12.2 Å². The Bertz CT molecular complexity index is 235. The molecule has 2 atom stereocenters. The summed E-state index contributed by atoms with van der Waals surface area (Å²) in [6.45, 7) is 10.7. The number of hydrogen-bond acceptors (Lipinski definition) is 2. The van der Waals surface area contributed by atoms with E-state index in [4.69, 9.17) is 4.74 Å². The normalized spacial score (nSPS) is 30.2. The van der Waals surface area contributed by atoms with Crippen molar-refractivity contribution in [3.63, 3.8) is 0 Å². The van der Waals surface area contributed by atoms with E-state index in [-0.39, 0.29) is 5.97 Å². The topological polar surface area (TPSA) is 26.3 Å². The molecule has 2 heteroatoms. The summed E-state index contributed by atoms with van der Waals surface area (Å²) in [4.78, 5) is 11.4. The standard InChI is InChI=1S/C13H22O2/c1-5-9(2)13(14)15-8-12-6-10(3)11(4)7-12/h10-12H,2,5-8H2,1,3-4H3. The molecule has 0 radical (unpaired) electrons. The quantitative estimate of drug-likeness (QED) is 0.526. The molecule has 0 bridgehead atoms. The van der Waals surface area contributed by atoms with Crippen LogP contribution in [0.25, 0.3) is 0 Å². The van der Waals surface area contributed by atoms with Gasteiger partial charge in [0.25, 0.3) is 0 Å². The van der Waals surface area contributed by atoms with Gasteiger partial charge in [-0.1, -0.05) is 27.4 Å². The molecule has 0 aromatic heterocycles. The lowest BCUT2D eigenvalue weighted by Crippen LogP contribution is -2.13. The van der Waals surface area contributed by atoms with Crippen molar-refractivity contribution in [2.45, 2.75) is 40.0 Å². The molecule has 2 unspecified atom stereocenters. The first kappa shape index (κ1) is 12.3. The molecule has 15 heavy (non-hydrogen) atoms. The average Bonchev–Trinajstić information content (AvgIpc) is 2.54. The van der Waals surface area contributed by atoms with Gasteiger partial charge in [-0.15, -0.1) is 0 Å². The van der Waals surface area contributed by atoms with E-state index in [0.717, 1.165) is 11.8 Å². The van der Waals surface area contributed by atoms with Crippen LogP contribution in [-0.2, 0) is 9.53 Å². The summed E-state index contributed by atoms with van der Waals surface area (Å²) in [7, 11) is 0. The number of ether oxygens (including phenoxy) is 1. The Labute approximate surface area is 92.7 Å². The van der Waals surface area contributed by atoms with Crippen molar-refractivity contribution in [1.29, 1.82) is 0 Å². The van der Waals surface area contributed by atoms with Crippen molar-refractivity contribution in [2.75, 3.05) is 6.61 Å². The van der Waals surface area contributed by atoms with Crippen LogP contribution >= 0.6 is 0 Å². The van der Waals surface area contributed by atoms with Crippen LogP contribution in [0.1, 0.15) is 40.0 Å². The molecule has 0 amide bonds. The van der Waals surface area contributed by atoms with Crippen molar-refractivity contribution in [2.24, 2.45) is 17.8 Å². The second kappa shape index (κ2) is 5.34. The largest absolute Gasteiger partial charge is 0.462 e. The first-order chi connectivity index (χ1) is 7.04. The Morgan fingerprint density at radius 2 is 1.87 bits per heavy atom. The van der Waals surface area contributed by atoms with Gasteiger partial charge in [0.05, 0.1) is 6.61 Å². The summed E-state index contributed by atoms with van der Waals surface area (Å²) in [5, 5.41) is 0. The molecule has 1 aliphatic carbocycles. The van der Waals surface area contributed by atoms with Crippen LogP contribution in [0.3, 0.4) is 0 Å². The first-order valence-corrected chi connectivity index (χ1v) is 5.89. The second-order valence-electron chi connectivity index (χ2n) is 4.85. The highest BCUT2D eigenvalue weighted by Gasteiger charge is 2.28. The molecular formula is C13H22O2. The number of carbonyl (C=O) groups excluding carboxylic acids is 1. The van der Waals surface area contributed by atoms with E-state index in [1.54, 1.807) is 0 Å². The second-order valence-corrected chi connectivity index (χ2v) is 4.85. The van der Waals surface area contributed by atoms with E-state index >= 15 is 0 Å². The highest BCUT2D eigenvalue weighted by atomic mass is 16.5. The van der Waals surface area contributed by atoms with Gasteiger partial charge < -0.3 is 4.74 Å². The Balaban J connectivity index is 2.27. The maximum absolute atomic E-state index is 11.4. The maximum Gasteiger partial charge on any atom is 0.333 e. The van der Waals surface area contributed by atoms with Crippen LogP contribution in [0.4, 0.5) is 0 Å². The lowest BCUT2D eigenvalue weighted by atomic mass is 10.0. The Hall–Kier alpha value is -0.790. The smallest absolute Gasteiger partial charge is 0.333 e. The third-order valence-corrected chi connectivity index (χ3v) is 3.55. The zero-order valence-corrected chi connectivity index (χ0v) is 10.1.